The first-order valence-electron chi connectivity index (χ1n) is 5.21. The van der Waals surface area contributed by atoms with E-state index in [1.807, 2.05) is 25.1 Å². The highest BCUT2D eigenvalue weighted by Gasteiger charge is 2.04. The van der Waals surface area contributed by atoms with Gasteiger partial charge in [-0.15, -0.1) is 11.3 Å². The third-order valence-corrected chi connectivity index (χ3v) is 3.52. The summed E-state index contributed by atoms with van der Waals surface area (Å²) in [5.74, 6) is 0.832. The van der Waals surface area contributed by atoms with Crippen LogP contribution in [-0.2, 0) is 13.2 Å². The van der Waals surface area contributed by atoms with Crippen LogP contribution in [0.25, 0.3) is 0 Å². The Balaban J connectivity index is 2.02. The van der Waals surface area contributed by atoms with Crippen LogP contribution >= 0.6 is 22.9 Å². The molecule has 0 aliphatic rings. The fourth-order valence-electron chi connectivity index (χ4n) is 1.42. The second kappa shape index (κ2) is 5.49. The van der Waals surface area contributed by atoms with Crippen LogP contribution in [0.4, 0.5) is 0 Å². The SMILES string of the molecule is Cc1cc(Cl)ccc1OCc1ncc(CN)s1. The van der Waals surface area contributed by atoms with Gasteiger partial charge >= 0.3 is 0 Å². The monoisotopic (exact) mass is 268 g/mol. The first-order valence-corrected chi connectivity index (χ1v) is 6.41. The predicted octanol–water partition coefficient (Wildman–Crippen LogP) is 3.14. The van der Waals surface area contributed by atoms with Crippen molar-refractivity contribution in [2.45, 2.75) is 20.1 Å². The fraction of sp³-hybridized carbons (Fsp3) is 0.250. The lowest BCUT2D eigenvalue weighted by Crippen LogP contribution is -1.96. The predicted molar refractivity (Wildman–Crippen MR) is 70.5 cm³/mol. The van der Waals surface area contributed by atoms with E-state index >= 15 is 0 Å². The lowest BCUT2D eigenvalue weighted by Gasteiger charge is -2.07. The van der Waals surface area contributed by atoms with Crippen molar-refractivity contribution in [1.82, 2.24) is 4.98 Å². The molecule has 0 atom stereocenters. The van der Waals surface area contributed by atoms with Crippen molar-refractivity contribution in [3.05, 3.63) is 44.9 Å². The number of nitrogens with two attached hydrogens (primary N) is 1. The molecule has 5 heteroatoms. The lowest BCUT2D eigenvalue weighted by molar-refractivity contribution is 0.303. The van der Waals surface area contributed by atoms with Crippen LogP contribution in [0.5, 0.6) is 5.75 Å². The molecule has 1 aromatic heterocycles. The number of aryl methyl sites for hydroxylation is 1. The van der Waals surface area contributed by atoms with E-state index in [0.29, 0.717) is 13.2 Å². The maximum absolute atomic E-state index is 5.88. The molecule has 0 saturated heterocycles. The highest BCUT2D eigenvalue weighted by molar-refractivity contribution is 7.11. The maximum atomic E-state index is 5.88. The molecule has 0 saturated carbocycles. The van der Waals surface area contributed by atoms with Crippen LogP contribution in [0.1, 0.15) is 15.4 Å². The van der Waals surface area contributed by atoms with Gasteiger partial charge in [0.25, 0.3) is 0 Å². The van der Waals surface area contributed by atoms with Gasteiger partial charge in [0.1, 0.15) is 17.4 Å². The normalized spacial score (nSPS) is 10.5. The summed E-state index contributed by atoms with van der Waals surface area (Å²) in [5.41, 5.74) is 6.55. The third kappa shape index (κ3) is 3.19. The molecule has 0 aliphatic carbocycles. The summed E-state index contributed by atoms with van der Waals surface area (Å²) in [7, 11) is 0. The average Bonchev–Trinajstić information content (AvgIpc) is 2.76. The van der Waals surface area contributed by atoms with E-state index in [0.717, 1.165) is 26.2 Å². The van der Waals surface area contributed by atoms with Crippen molar-refractivity contribution in [3.8, 4) is 5.75 Å². The van der Waals surface area contributed by atoms with Gasteiger partial charge in [-0.1, -0.05) is 11.6 Å². The molecule has 17 heavy (non-hydrogen) atoms. The minimum atomic E-state index is 0.465. The summed E-state index contributed by atoms with van der Waals surface area (Å²) in [6, 6.07) is 5.57. The van der Waals surface area contributed by atoms with Gasteiger partial charge in [0.15, 0.2) is 0 Å². The standard InChI is InChI=1S/C12H13ClN2OS/c1-8-4-9(13)2-3-11(8)16-7-12-15-6-10(5-14)17-12/h2-4,6H,5,7,14H2,1H3. The molecule has 0 amide bonds. The number of ether oxygens (including phenoxy) is 1. The second-order valence-corrected chi connectivity index (χ2v) is 5.26. The number of rotatable bonds is 4. The zero-order chi connectivity index (χ0) is 12.3. The molecule has 1 heterocycles. The van der Waals surface area contributed by atoms with Gasteiger partial charge in [0.05, 0.1) is 0 Å². The highest BCUT2D eigenvalue weighted by atomic mass is 35.5. The molecule has 0 bridgehead atoms. The molecule has 2 N–H and O–H groups in total. The molecule has 0 fully saturated rings. The van der Waals surface area contributed by atoms with E-state index in [1.165, 1.54) is 0 Å². The number of halogens is 1. The molecular formula is C12H13ClN2OS. The smallest absolute Gasteiger partial charge is 0.140 e. The van der Waals surface area contributed by atoms with E-state index in [4.69, 9.17) is 22.1 Å². The largest absolute Gasteiger partial charge is 0.486 e. The van der Waals surface area contributed by atoms with Crippen molar-refractivity contribution in [3.63, 3.8) is 0 Å². The summed E-state index contributed by atoms with van der Waals surface area (Å²) < 4.78 is 5.68. The number of nitrogens with zero attached hydrogens (tertiary/aromatic N) is 1. The van der Waals surface area contributed by atoms with E-state index < -0.39 is 0 Å². The molecule has 3 nitrogen and oxygen atoms in total. The molecule has 2 rings (SSSR count). The Morgan fingerprint density at radius 2 is 2.29 bits per heavy atom. The Labute approximate surface area is 109 Å². The molecule has 0 unspecified atom stereocenters. The van der Waals surface area contributed by atoms with Gasteiger partial charge in [-0.25, -0.2) is 4.98 Å². The first kappa shape index (κ1) is 12.4. The molecular weight excluding hydrogens is 256 g/mol. The Morgan fingerprint density at radius 3 is 2.94 bits per heavy atom. The first-order chi connectivity index (χ1) is 8.19. The van der Waals surface area contributed by atoms with Crippen LogP contribution in [-0.4, -0.2) is 4.98 Å². The Morgan fingerprint density at radius 1 is 1.47 bits per heavy atom. The van der Waals surface area contributed by atoms with Crippen molar-refractivity contribution in [2.24, 2.45) is 5.73 Å². The van der Waals surface area contributed by atoms with E-state index in [2.05, 4.69) is 4.98 Å². The molecule has 0 radical (unpaired) electrons. The van der Waals surface area contributed by atoms with Crippen molar-refractivity contribution in [1.29, 1.82) is 0 Å². The van der Waals surface area contributed by atoms with Gasteiger partial charge in [-0.2, -0.15) is 0 Å². The summed E-state index contributed by atoms with van der Waals surface area (Å²) in [6.07, 6.45) is 1.79. The molecule has 2 aromatic rings. The zero-order valence-corrected chi connectivity index (χ0v) is 11.0. The Bertz CT molecular complexity index is 513. The number of hydrogen-bond donors (Lipinski definition) is 1. The maximum Gasteiger partial charge on any atom is 0.140 e. The van der Waals surface area contributed by atoms with Crippen LogP contribution < -0.4 is 10.5 Å². The topological polar surface area (TPSA) is 48.1 Å². The van der Waals surface area contributed by atoms with E-state index in [1.54, 1.807) is 17.5 Å². The third-order valence-electron chi connectivity index (χ3n) is 2.29. The number of benzene rings is 1. The lowest BCUT2D eigenvalue weighted by atomic mass is 10.2. The van der Waals surface area contributed by atoms with Crippen LogP contribution in [0, 0.1) is 6.92 Å². The average molecular weight is 269 g/mol. The Hall–Kier alpha value is -1.10. The fourth-order valence-corrected chi connectivity index (χ4v) is 2.36. The summed E-state index contributed by atoms with van der Waals surface area (Å²) in [6.45, 7) is 2.96. The van der Waals surface area contributed by atoms with Gasteiger partial charge in [0.2, 0.25) is 0 Å². The number of aromatic nitrogens is 1. The minimum absolute atomic E-state index is 0.465. The van der Waals surface area contributed by atoms with Gasteiger partial charge in [-0.3, -0.25) is 0 Å². The molecule has 1 aromatic carbocycles. The Kier molecular flexibility index (Phi) is 3.99. The van der Waals surface area contributed by atoms with Crippen molar-refractivity contribution in [2.75, 3.05) is 0 Å². The molecule has 90 valence electrons. The van der Waals surface area contributed by atoms with E-state index in [9.17, 15) is 0 Å². The van der Waals surface area contributed by atoms with Crippen molar-refractivity contribution >= 4 is 22.9 Å². The van der Waals surface area contributed by atoms with Crippen LogP contribution in [0.3, 0.4) is 0 Å². The zero-order valence-electron chi connectivity index (χ0n) is 9.44. The number of thiazole rings is 1. The summed E-state index contributed by atoms with van der Waals surface area (Å²) in [4.78, 5) is 5.30. The summed E-state index contributed by atoms with van der Waals surface area (Å²) in [5, 5.41) is 1.65. The highest BCUT2D eigenvalue weighted by Crippen LogP contribution is 2.23. The van der Waals surface area contributed by atoms with Crippen LogP contribution in [0.2, 0.25) is 5.02 Å². The summed E-state index contributed by atoms with van der Waals surface area (Å²) >= 11 is 7.45. The minimum Gasteiger partial charge on any atom is -0.486 e. The van der Waals surface area contributed by atoms with Crippen molar-refractivity contribution < 1.29 is 4.74 Å². The second-order valence-electron chi connectivity index (χ2n) is 3.62. The quantitative estimate of drug-likeness (QED) is 0.927. The van der Waals surface area contributed by atoms with Gasteiger partial charge in [-0.05, 0) is 30.7 Å². The van der Waals surface area contributed by atoms with Gasteiger partial charge in [0, 0.05) is 22.6 Å². The molecule has 0 aliphatic heterocycles. The number of hydrogen-bond acceptors (Lipinski definition) is 4. The van der Waals surface area contributed by atoms with E-state index in [-0.39, 0.29) is 0 Å². The molecule has 0 spiro atoms. The van der Waals surface area contributed by atoms with Crippen LogP contribution in [0.15, 0.2) is 24.4 Å². The van der Waals surface area contributed by atoms with Gasteiger partial charge < -0.3 is 10.5 Å².